The third-order valence-corrected chi connectivity index (χ3v) is 4.42. The molecular weight excluding hydrogens is 184 g/mol. The average molecular weight is 202 g/mol. The molecule has 13 heavy (non-hydrogen) atoms. The lowest BCUT2D eigenvalue weighted by atomic mass is 9.84. The Morgan fingerprint density at radius 3 is 3.15 bits per heavy atom. The van der Waals surface area contributed by atoms with Crippen molar-refractivity contribution in [1.29, 1.82) is 0 Å². The Kier molecular flexibility index (Phi) is 3.17. The predicted octanol–water partition coefficient (Wildman–Crippen LogP) is 1.67. The van der Waals surface area contributed by atoms with Crippen LogP contribution in [0, 0.1) is 5.92 Å². The number of aliphatic hydroxyl groups is 1. The van der Waals surface area contributed by atoms with Gasteiger partial charge >= 0.3 is 0 Å². The molecule has 2 aliphatic rings. The van der Waals surface area contributed by atoms with E-state index in [2.05, 4.69) is 0 Å². The standard InChI is InChI=1S/C10H18O2S/c11-4-1-9-2-5-12-10(7-9)3-6-13-8-10/h9,11H,1-8H2. The summed E-state index contributed by atoms with van der Waals surface area (Å²) in [7, 11) is 0. The van der Waals surface area contributed by atoms with E-state index in [1.54, 1.807) is 0 Å². The monoisotopic (exact) mass is 202 g/mol. The molecule has 0 amide bonds. The molecule has 1 spiro atoms. The minimum atomic E-state index is 0.197. The van der Waals surface area contributed by atoms with Crippen LogP contribution in [0.2, 0.25) is 0 Å². The van der Waals surface area contributed by atoms with Crippen LogP contribution >= 0.6 is 11.8 Å². The number of aliphatic hydroxyl groups excluding tert-OH is 1. The molecule has 2 nitrogen and oxygen atoms in total. The summed E-state index contributed by atoms with van der Waals surface area (Å²) in [5, 5.41) is 8.90. The van der Waals surface area contributed by atoms with Gasteiger partial charge in [-0.1, -0.05) is 0 Å². The molecule has 2 fully saturated rings. The first-order valence-electron chi connectivity index (χ1n) is 5.17. The SMILES string of the molecule is OCCC1CCOC2(CCSC2)C1. The molecule has 2 aliphatic heterocycles. The Bertz CT molecular complexity index is 164. The molecule has 3 heteroatoms. The van der Waals surface area contributed by atoms with Crippen LogP contribution in [0.25, 0.3) is 0 Å². The predicted molar refractivity (Wildman–Crippen MR) is 55.1 cm³/mol. The van der Waals surface area contributed by atoms with Crippen LogP contribution in [-0.4, -0.2) is 35.4 Å². The van der Waals surface area contributed by atoms with Crippen molar-refractivity contribution in [2.24, 2.45) is 5.92 Å². The fraction of sp³-hybridized carbons (Fsp3) is 1.00. The van der Waals surface area contributed by atoms with Gasteiger partial charge in [0, 0.05) is 19.0 Å². The number of rotatable bonds is 2. The molecule has 0 radical (unpaired) electrons. The zero-order valence-electron chi connectivity index (χ0n) is 8.00. The lowest BCUT2D eigenvalue weighted by Gasteiger charge is -2.37. The van der Waals surface area contributed by atoms with Gasteiger partial charge in [0.15, 0.2) is 0 Å². The lowest BCUT2D eigenvalue weighted by Crippen LogP contribution is -2.40. The molecule has 2 atom stereocenters. The van der Waals surface area contributed by atoms with E-state index in [4.69, 9.17) is 9.84 Å². The molecule has 2 rings (SSSR count). The summed E-state index contributed by atoms with van der Waals surface area (Å²) in [5.74, 6) is 3.14. The largest absolute Gasteiger partial charge is 0.396 e. The zero-order valence-corrected chi connectivity index (χ0v) is 8.81. The van der Waals surface area contributed by atoms with Gasteiger partial charge in [-0.05, 0) is 37.4 Å². The van der Waals surface area contributed by atoms with Crippen molar-refractivity contribution in [2.75, 3.05) is 24.7 Å². The first-order valence-corrected chi connectivity index (χ1v) is 6.33. The van der Waals surface area contributed by atoms with E-state index in [1.165, 1.54) is 24.3 Å². The second-order valence-electron chi connectivity index (χ2n) is 4.21. The summed E-state index contributed by atoms with van der Waals surface area (Å²) in [4.78, 5) is 0. The van der Waals surface area contributed by atoms with Crippen LogP contribution in [0.5, 0.6) is 0 Å². The first kappa shape index (κ1) is 9.81. The van der Waals surface area contributed by atoms with E-state index in [9.17, 15) is 0 Å². The van der Waals surface area contributed by atoms with Crippen molar-refractivity contribution < 1.29 is 9.84 Å². The van der Waals surface area contributed by atoms with Gasteiger partial charge in [0.2, 0.25) is 0 Å². The van der Waals surface area contributed by atoms with Crippen molar-refractivity contribution in [2.45, 2.75) is 31.3 Å². The molecule has 0 bridgehead atoms. The van der Waals surface area contributed by atoms with Crippen LogP contribution in [0.1, 0.15) is 25.7 Å². The van der Waals surface area contributed by atoms with Crippen molar-refractivity contribution in [1.82, 2.24) is 0 Å². The van der Waals surface area contributed by atoms with Crippen LogP contribution < -0.4 is 0 Å². The number of ether oxygens (including phenoxy) is 1. The molecule has 0 aromatic rings. The highest BCUT2D eigenvalue weighted by molar-refractivity contribution is 7.99. The highest BCUT2D eigenvalue weighted by Crippen LogP contribution is 2.41. The summed E-state index contributed by atoms with van der Waals surface area (Å²) in [6.45, 7) is 1.25. The van der Waals surface area contributed by atoms with Gasteiger partial charge < -0.3 is 9.84 Å². The topological polar surface area (TPSA) is 29.5 Å². The van der Waals surface area contributed by atoms with Crippen molar-refractivity contribution in [3.63, 3.8) is 0 Å². The number of hydrogen-bond acceptors (Lipinski definition) is 3. The summed E-state index contributed by atoms with van der Waals surface area (Å²) >= 11 is 2.01. The van der Waals surface area contributed by atoms with Gasteiger partial charge in [-0.15, -0.1) is 0 Å². The summed E-state index contributed by atoms with van der Waals surface area (Å²) in [6.07, 6.45) is 4.52. The van der Waals surface area contributed by atoms with Crippen molar-refractivity contribution in [3.8, 4) is 0 Å². The van der Waals surface area contributed by atoms with E-state index < -0.39 is 0 Å². The van der Waals surface area contributed by atoms with E-state index in [1.807, 2.05) is 11.8 Å². The zero-order chi connectivity index (χ0) is 9.15. The molecule has 2 unspecified atom stereocenters. The molecule has 2 heterocycles. The fourth-order valence-corrected chi connectivity index (χ4v) is 3.80. The Morgan fingerprint density at radius 2 is 2.46 bits per heavy atom. The molecule has 2 saturated heterocycles. The molecule has 1 N–H and O–H groups in total. The first-order chi connectivity index (χ1) is 6.35. The molecule has 0 aromatic heterocycles. The second-order valence-corrected chi connectivity index (χ2v) is 5.31. The fourth-order valence-electron chi connectivity index (χ4n) is 2.42. The maximum atomic E-state index is 8.90. The summed E-state index contributed by atoms with van der Waals surface area (Å²) in [5.41, 5.74) is 0.197. The van der Waals surface area contributed by atoms with E-state index in [-0.39, 0.29) is 5.60 Å². The minimum absolute atomic E-state index is 0.197. The molecule has 0 aromatic carbocycles. The molecule has 0 aliphatic carbocycles. The van der Waals surface area contributed by atoms with Gasteiger partial charge in [-0.25, -0.2) is 0 Å². The van der Waals surface area contributed by atoms with Crippen molar-refractivity contribution in [3.05, 3.63) is 0 Å². The molecular formula is C10H18O2S. The Balaban J connectivity index is 1.90. The van der Waals surface area contributed by atoms with Crippen LogP contribution in [0.15, 0.2) is 0 Å². The van der Waals surface area contributed by atoms with Crippen LogP contribution in [0.3, 0.4) is 0 Å². The number of thioether (sulfide) groups is 1. The normalized spacial score (nSPS) is 39.9. The third-order valence-electron chi connectivity index (χ3n) is 3.20. The average Bonchev–Trinajstić information content (AvgIpc) is 2.54. The van der Waals surface area contributed by atoms with Gasteiger partial charge in [-0.2, -0.15) is 11.8 Å². The molecule has 0 saturated carbocycles. The molecule has 76 valence electrons. The summed E-state index contributed by atoms with van der Waals surface area (Å²) < 4.78 is 5.90. The number of hydrogen-bond donors (Lipinski definition) is 1. The van der Waals surface area contributed by atoms with E-state index in [0.29, 0.717) is 12.5 Å². The third kappa shape index (κ3) is 2.20. The van der Waals surface area contributed by atoms with Gasteiger partial charge in [0.25, 0.3) is 0 Å². The van der Waals surface area contributed by atoms with Gasteiger partial charge in [0.1, 0.15) is 0 Å². The maximum Gasteiger partial charge on any atom is 0.0783 e. The van der Waals surface area contributed by atoms with Gasteiger partial charge in [-0.3, -0.25) is 0 Å². The highest BCUT2D eigenvalue weighted by Gasteiger charge is 2.39. The van der Waals surface area contributed by atoms with Crippen LogP contribution in [0.4, 0.5) is 0 Å². The summed E-state index contributed by atoms with van der Waals surface area (Å²) in [6, 6.07) is 0. The Hall–Kier alpha value is 0.270. The van der Waals surface area contributed by atoms with Gasteiger partial charge in [0.05, 0.1) is 5.60 Å². The van der Waals surface area contributed by atoms with Crippen LogP contribution in [-0.2, 0) is 4.74 Å². The smallest absolute Gasteiger partial charge is 0.0783 e. The van der Waals surface area contributed by atoms with E-state index >= 15 is 0 Å². The van der Waals surface area contributed by atoms with E-state index in [0.717, 1.165) is 19.4 Å². The maximum absolute atomic E-state index is 8.90. The highest BCUT2D eigenvalue weighted by atomic mass is 32.2. The quantitative estimate of drug-likeness (QED) is 0.738. The Morgan fingerprint density at radius 1 is 1.54 bits per heavy atom. The second kappa shape index (κ2) is 4.20. The Labute approximate surface area is 84.0 Å². The lowest BCUT2D eigenvalue weighted by molar-refractivity contribution is -0.0821. The van der Waals surface area contributed by atoms with Crippen molar-refractivity contribution >= 4 is 11.8 Å². The minimum Gasteiger partial charge on any atom is -0.396 e.